The van der Waals surface area contributed by atoms with E-state index in [9.17, 15) is 4.79 Å². The van der Waals surface area contributed by atoms with Crippen LogP contribution in [0.4, 0.5) is 4.79 Å². The summed E-state index contributed by atoms with van der Waals surface area (Å²) in [5.41, 5.74) is 7.81. The molecule has 0 saturated carbocycles. The second kappa shape index (κ2) is 5.75. The van der Waals surface area contributed by atoms with Gasteiger partial charge in [0.15, 0.2) is 0 Å². The summed E-state index contributed by atoms with van der Waals surface area (Å²) in [6.07, 6.45) is 1.62. The summed E-state index contributed by atoms with van der Waals surface area (Å²) in [6, 6.07) is 6.69. The lowest BCUT2D eigenvalue weighted by molar-refractivity contribution is 0.242. The van der Waals surface area contributed by atoms with Crippen LogP contribution in [0.25, 0.3) is 0 Å². The van der Waals surface area contributed by atoms with E-state index in [2.05, 4.69) is 10.5 Å². The minimum absolute atomic E-state index is 0.121. The molecule has 0 aliphatic heterocycles. The van der Waals surface area contributed by atoms with E-state index in [0.717, 1.165) is 11.3 Å². The molecular formula is C11H15N3O2. The Kier molecular flexibility index (Phi) is 4.32. The lowest BCUT2D eigenvalue weighted by Gasteiger charge is -2.09. The normalized spacial score (nSPS) is 10.7. The van der Waals surface area contributed by atoms with Crippen molar-refractivity contribution < 1.29 is 9.53 Å². The van der Waals surface area contributed by atoms with Gasteiger partial charge in [-0.15, -0.1) is 0 Å². The highest BCUT2D eigenvalue weighted by atomic mass is 16.5. The molecule has 3 N–H and O–H groups in total. The molecule has 5 heteroatoms. The predicted molar refractivity (Wildman–Crippen MR) is 62.5 cm³/mol. The summed E-state index contributed by atoms with van der Waals surface area (Å²) in [4.78, 5) is 10.4. The number of hydrazone groups is 1. The van der Waals surface area contributed by atoms with E-state index in [0.29, 0.717) is 0 Å². The Morgan fingerprint density at radius 2 is 2.31 bits per heavy atom. The first kappa shape index (κ1) is 12.0. The third-order valence-corrected chi connectivity index (χ3v) is 1.62. The van der Waals surface area contributed by atoms with E-state index >= 15 is 0 Å². The summed E-state index contributed by atoms with van der Waals surface area (Å²) in [7, 11) is 0. The van der Waals surface area contributed by atoms with Gasteiger partial charge in [-0.1, -0.05) is 12.1 Å². The van der Waals surface area contributed by atoms with E-state index in [1.165, 1.54) is 6.21 Å². The van der Waals surface area contributed by atoms with E-state index in [1.807, 2.05) is 38.1 Å². The molecule has 0 atom stereocenters. The Morgan fingerprint density at radius 3 is 2.94 bits per heavy atom. The molecule has 1 aromatic carbocycles. The molecule has 5 nitrogen and oxygen atoms in total. The number of nitrogens with zero attached hydrogens (tertiary/aromatic N) is 1. The fourth-order valence-corrected chi connectivity index (χ4v) is 1.11. The molecule has 0 saturated heterocycles. The number of carbonyl (C=O) groups excluding carboxylic acids is 1. The molecule has 0 bridgehead atoms. The average Bonchev–Trinajstić information content (AvgIpc) is 2.16. The number of urea groups is 1. The monoisotopic (exact) mass is 221 g/mol. The molecule has 1 aromatic rings. The van der Waals surface area contributed by atoms with Crippen LogP contribution in [0.15, 0.2) is 29.4 Å². The van der Waals surface area contributed by atoms with Crippen LogP contribution in [0.5, 0.6) is 5.75 Å². The van der Waals surface area contributed by atoms with Crippen LogP contribution in [0.1, 0.15) is 19.4 Å². The number of rotatable bonds is 4. The zero-order valence-electron chi connectivity index (χ0n) is 9.31. The Balaban J connectivity index is 2.67. The molecule has 0 aliphatic rings. The van der Waals surface area contributed by atoms with Crippen LogP contribution >= 0.6 is 0 Å². The first-order valence-electron chi connectivity index (χ1n) is 4.93. The topological polar surface area (TPSA) is 76.7 Å². The summed E-state index contributed by atoms with van der Waals surface area (Å²) in [5.74, 6) is 0.762. The number of hydrogen-bond acceptors (Lipinski definition) is 3. The number of primary amides is 1. The highest BCUT2D eigenvalue weighted by Crippen LogP contribution is 2.13. The first-order chi connectivity index (χ1) is 7.58. The molecule has 16 heavy (non-hydrogen) atoms. The van der Waals surface area contributed by atoms with E-state index < -0.39 is 6.03 Å². The van der Waals surface area contributed by atoms with Crippen LogP contribution in [0.3, 0.4) is 0 Å². The van der Waals surface area contributed by atoms with Crippen molar-refractivity contribution in [3.05, 3.63) is 29.8 Å². The molecule has 86 valence electrons. The number of carbonyl (C=O) groups is 1. The number of nitrogens with two attached hydrogens (primary N) is 1. The summed E-state index contributed by atoms with van der Waals surface area (Å²) in [6.45, 7) is 3.91. The van der Waals surface area contributed by atoms with Gasteiger partial charge in [-0.2, -0.15) is 5.10 Å². The Labute approximate surface area is 94.3 Å². The maximum Gasteiger partial charge on any atom is 0.332 e. The van der Waals surface area contributed by atoms with Gasteiger partial charge >= 0.3 is 6.03 Å². The fraction of sp³-hybridized carbons (Fsp3) is 0.273. The Hall–Kier alpha value is -2.04. The summed E-state index contributed by atoms with van der Waals surface area (Å²) < 4.78 is 5.51. The van der Waals surface area contributed by atoms with E-state index in [1.54, 1.807) is 0 Å². The van der Waals surface area contributed by atoms with Crippen molar-refractivity contribution in [1.82, 2.24) is 5.43 Å². The molecule has 2 amide bonds. The lowest BCUT2D eigenvalue weighted by Crippen LogP contribution is -2.24. The van der Waals surface area contributed by atoms with Crippen LogP contribution in [0.2, 0.25) is 0 Å². The van der Waals surface area contributed by atoms with Gasteiger partial charge in [-0.3, -0.25) is 0 Å². The van der Waals surface area contributed by atoms with E-state index in [4.69, 9.17) is 10.5 Å². The van der Waals surface area contributed by atoms with Crippen LogP contribution < -0.4 is 15.9 Å². The van der Waals surface area contributed by atoms with Crippen molar-refractivity contribution in [3.8, 4) is 5.75 Å². The third-order valence-electron chi connectivity index (χ3n) is 1.62. The van der Waals surface area contributed by atoms with Crippen molar-refractivity contribution >= 4 is 12.2 Å². The van der Waals surface area contributed by atoms with Gasteiger partial charge in [0, 0.05) is 0 Å². The highest BCUT2D eigenvalue weighted by molar-refractivity contribution is 5.81. The number of benzene rings is 1. The predicted octanol–water partition coefficient (Wildman–Crippen LogP) is 1.48. The van der Waals surface area contributed by atoms with Crippen molar-refractivity contribution in [2.24, 2.45) is 10.8 Å². The zero-order chi connectivity index (χ0) is 12.0. The van der Waals surface area contributed by atoms with Crippen LogP contribution in [-0.2, 0) is 0 Å². The molecule has 0 heterocycles. The SMILES string of the molecule is CC(C)Oc1cccc(C=NNC(N)=O)c1. The molecule has 0 radical (unpaired) electrons. The van der Waals surface area contributed by atoms with Crippen LogP contribution in [-0.4, -0.2) is 18.3 Å². The van der Waals surface area contributed by atoms with Crippen molar-refractivity contribution in [2.45, 2.75) is 20.0 Å². The van der Waals surface area contributed by atoms with Gasteiger partial charge in [0.25, 0.3) is 0 Å². The summed E-state index contributed by atoms with van der Waals surface area (Å²) in [5, 5.41) is 3.66. The van der Waals surface area contributed by atoms with Gasteiger partial charge < -0.3 is 10.5 Å². The van der Waals surface area contributed by atoms with Crippen molar-refractivity contribution in [3.63, 3.8) is 0 Å². The average molecular weight is 221 g/mol. The summed E-state index contributed by atoms with van der Waals surface area (Å²) >= 11 is 0. The van der Waals surface area contributed by atoms with Gasteiger partial charge in [-0.05, 0) is 31.5 Å². The maximum atomic E-state index is 10.4. The number of ether oxygens (including phenoxy) is 1. The lowest BCUT2D eigenvalue weighted by atomic mass is 10.2. The van der Waals surface area contributed by atoms with Gasteiger partial charge in [0.1, 0.15) is 5.75 Å². The standard InChI is InChI=1S/C11H15N3O2/c1-8(2)16-10-5-3-4-9(6-10)7-13-14-11(12)15/h3-8H,1-2H3,(H3,12,14,15). The molecule has 0 unspecified atom stereocenters. The Bertz CT molecular complexity index is 389. The second-order valence-corrected chi connectivity index (χ2v) is 3.47. The minimum Gasteiger partial charge on any atom is -0.491 e. The zero-order valence-corrected chi connectivity index (χ0v) is 9.31. The van der Waals surface area contributed by atoms with Crippen LogP contribution in [0, 0.1) is 0 Å². The molecule has 0 spiro atoms. The number of nitrogens with one attached hydrogen (secondary N) is 1. The molecule has 0 aromatic heterocycles. The molecular weight excluding hydrogens is 206 g/mol. The van der Waals surface area contributed by atoms with Crippen molar-refractivity contribution in [1.29, 1.82) is 0 Å². The highest BCUT2D eigenvalue weighted by Gasteiger charge is 1.97. The van der Waals surface area contributed by atoms with Crippen molar-refractivity contribution in [2.75, 3.05) is 0 Å². The first-order valence-corrected chi connectivity index (χ1v) is 4.93. The maximum absolute atomic E-state index is 10.4. The quantitative estimate of drug-likeness (QED) is 0.596. The second-order valence-electron chi connectivity index (χ2n) is 3.47. The third kappa shape index (κ3) is 4.45. The van der Waals surface area contributed by atoms with Gasteiger partial charge in [-0.25, -0.2) is 10.2 Å². The number of hydrogen-bond donors (Lipinski definition) is 2. The largest absolute Gasteiger partial charge is 0.491 e. The molecule has 0 aliphatic carbocycles. The smallest absolute Gasteiger partial charge is 0.332 e. The Morgan fingerprint density at radius 1 is 1.56 bits per heavy atom. The van der Waals surface area contributed by atoms with E-state index in [-0.39, 0.29) is 6.10 Å². The molecule has 0 fully saturated rings. The number of amides is 2. The van der Waals surface area contributed by atoms with Gasteiger partial charge in [0.2, 0.25) is 0 Å². The fourth-order valence-electron chi connectivity index (χ4n) is 1.11. The van der Waals surface area contributed by atoms with Gasteiger partial charge in [0.05, 0.1) is 12.3 Å². The molecule has 1 rings (SSSR count). The minimum atomic E-state index is -0.689.